The average molecular weight is 407 g/mol. The van der Waals surface area contributed by atoms with Crippen LogP contribution in [-0.2, 0) is 19.6 Å². The van der Waals surface area contributed by atoms with E-state index in [2.05, 4.69) is 27.5 Å². The lowest BCUT2D eigenvalue weighted by Crippen LogP contribution is -2.10. The Bertz CT molecular complexity index is 1180. The van der Waals surface area contributed by atoms with Gasteiger partial charge in [-0.1, -0.05) is 0 Å². The van der Waals surface area contributed by atoms with Gasteiger partial charge in [-0.3, -0.25) is 18.8 Å². The van der Waals surface area contributed by atoms with Gasteiger partial charge in [0.15, 0.2) is 5.76 Å². The highest BCUT2D eigenvalue weighted by Crippen LogP contribution is 2.15. The van der Waals surface area contributed by atoms with E-state index in [9.17, 15) is 4.79 Å². The topological polar surface area (TPSA) is 95.7 Å². The number of furan rings is 1. The van der Waals surface area contributed by atoms with E-state index in [0.29, 0.717) is 24.5 Å². The second kappa shape index (κ2) is 8.02. The Morgan fingerprint density at radius 3 is 2.63 bits per heavy atom. The molecule has 0 aliphatic heterocycles. The van der Waals surface area contributed by atoms with Crippen LogP contribution in [0.4, 0.5) is 5.69 Å². The summed E-state index contributed by atoms with van der Waals surface area (Å²) in [6.07, 6.45) is 5.27. The van der Waals surface area contributed by atoms with Crippen molar-refractivity contribution in [2.45, 2.75) is 47.3 Å². The minimum Gasteiger partial charge on any atom is -0.454 e. The SMILES string of the molecule is CCn1ncc(Cn2cc(NC(=O)c3ccc(Cn4nc(C)cc4C)o3)cn2)c1C. The molecule has 1 amide bonds. The average Bonchev–Trinajstić information content (AvgIpc) is 3.47. The fourth-order valence-electron chi connectivity index (χ4n) is 3.41. The van der Waals surface area contributed by atoms with Crippen molar-refractivity contribution in [1.82, 2.24) is 29.3 Å². The minimum absolute atomic E-state index is 0.249. The predicted molar refractivity (Wildman–Crippen MR) is 111 cm³/mol. The molecular weight excluding hydrogens is 382 g/mol. The van der Waals surface area contributed by atoms with E-state index in [1.807, 2.05) is 42.4 Å². The van der Waals surface area contributed by atoms with Gasteiger partial charge in [0.1, 0.15) is 5.76 Å². The van der Waals surface area contributed by atoms with E-state index < -0.39 is 0 Å². The summed E-state index contributed by atoms with van der Waals surface area (Å²) in [4.78, 5) is 12.5. The fraction of sp³-hybridized carbons (Fsp3) is 0.333. The minimum atomic E-state index is -0.316. The van der Waals surface area contributed by atoms with E-state index in [1.165, 1.54) is 0 Å². The van der Waals surface area contributed by atoms with Crippen LogP contribution in [0.25, 0.3) is 0 Å². The fourth-order valence-corrected chi connectivity index (χ4v) is 3.41. The predicted octanol–water partition coefficient (Wildman–Crippen LogP) is 3.16. The first-order valence-corrected chi connectivity index (χ1v) is 9.87. The summed E-state index contributed by atoms with van der Waals surface area (Å²) in [5, 5.41) is 15.9. The third kappa shape index (κ3) is 4.05. The Morgan fingerprint density at radius 2 is 1.93 bits per heavy atom. The molecule has 0 unspecified atom stereocenters. The third-order valence-electron chi connectivity index (χ3n) is 5.02. The Labute approximate surface area is 174 Å². The molecule has 0 fully saturated rings. The summed E-state index contributed by atoms with van der Waals surface area (Å²) in [7, 11) is 0. The van der Waals surface area contributed by atoms with Crippen molar-refractivity contribution in [2.24, 2.45) is 0 Å². The maximum atomic E-state index is 12.5. The van der Waals surface area contributed by atoms with Crippen molar-refractivity contribution in [3.63, 3.8) is 0 Å². The molecule has 0 radical (unpaired) electrons. The summed E-state index contributed by atoms with van der Waals surface area (Å²) in [6.45, 7) is 9.94. The molecule has 4 heterocycles. The smallest absolute Gasteiger partial charge is 0.291 e. The van der Waals surface area contributed by atoms with E-state index in [4.69, 9.17) is 4.42 Å². The first-order valence-electron chi connectivity index (χ1n) is 9.87. The Kier molecular flexibility index (Phi) is 5.26. The third-order valence-corrected chi connectivity index (χ3v) is 5.02. The van der Waals surface area contributed by atoms with Crippen LogP contribution in [0, 0.1) is 20.8 Å². The molecular formula is C21H25N7O2. The van der Waals surface area contributed by atoms with Gasteiger partial charge in [0.2, 0.25) is 0 Å². The molecule has 0 aliphatic rings. The molecule has 4 aromatic heterocycles. The van der Waals surface area contributed by atoms with Crippen LogP contribution in [0.3, 0.4) is 0 Å². The second-order valence-corrected chi connectivity index (χ2v) is 7.30. The number of rotatable bonds is 7. The summed E-state index contributed by atoms with van der Waals surface area (Å²) in [5.74, 6) is 0.606. The van der Waals surface area contributed by atoms with Gasteiger partial charge < -0.3 is 9.73 Å². The van der Waals surface area contributed by atoms with Crippen molar-refractivity contribution in [2.75, 3.05) is 5.32 Å². The molecule has 156 valence electrons. The molecule has 0 saturated carbocycles. The zero-order valence-corrected chi connectivity index (χ0v) is 17.6. The van der Waals surface area contributed by atoms with Gasteiger partial charge in [-0.2, -0.15) is 15.3 Å². The van der Waals surface area contributed by atoms with Crippen LogP contribution in [0.15, 0.2) is 41.2 Å². The normalized spacial score (nSPS) is 11.2. The number of hydrogen-bond acceptors (Lipinski definition) is 5. The van der Waals surface area contributed by atoms with Gasteiger partial charge in [-0.15, -0.1) is 0 Å². The van der Waals surface area contributed by atoms with E-state index in [-0.39, 0.29) is 11.7 Å². The van der Waals surface area contributed by atoms with Crippen LogP contribution in [0.1, 0.15) is 45.9 Å². The number of hydrogen-bond donors (Lipinski definition) is 1. The largest absolute Gasteiger partial charge is 0.454 e. The van der Waals surface area contributed by atoms with Crippen LogP contribution >= 0.6 is 0 Å². The highest BCUT2D eigenvalue weighted by atomic mass is 16.4. The Morgan fingerprint density at radius 1 is 1.10 bits per heavy atom. The Balaban J connectivity index is 1.39. The van der Waals surface area contributed by atoms with Crippen molar-refractivity contribution < 1.29 is 9.21 Å². The lowest BCUT2D eigenvalue weighted by atomic mass is 10.2. The number of aromatic nitrogens is 6. The molecule has 0 bridgehead atoms. The van der Waals surface area contributed by atoms with Gasteiger partial charge in [0.05, 0.1) is 36.9 Å². The molecule has 30 heavy (non-hydrogen) atoms. The maximum absolute atomic E-state index is 12.5. The van der Waals surface area contributed by atoms with Crippen molar-refractivity contribution in [1.29, 1.82) is 0 Å². The van der Waals surface area contributed by atoms with Gasteiger partial charge in [0.25, 0.3) is 5.91 Å². The van der Waals surface area contributed by atoms with Crippen LogP contribution in [-0.4, -0.2) is 35.2 Å². The van der Waals surface area contributed by atoms with Crippen LogP contribution in [0.2, 0.25) is 0 Å². The quantitative estimate of drug-likeness (QED) is 0.508. The lowest BCUT2D eigenvalue weighted by Gasteiger charge is -2.03. The molecule has 0 atom stereocenters. The summed E-state index contributed by atoms with van der Waals surface area (Å²) in [6, 6.07) is 5.47. The number of carbonyl (C=O) groups excluding carboxylic acids is 1. The van der Waals surface area contributed by atoms with Gasteiger partial charge >= 0.3 is 0 Å². The van der Waals surface area contributed by atoms with Gasteiger partial charge in [-0.05, 0) is 45.9 Å². The number of aryl methyl sites for hydroxylation is 3. The second-order valence-electron chi connectivity index (χ2n) is 7.30. The van der Waals surface area contributed by atoms with Crippen molar-refractivity contribution in [3.8, 4) is 0 Å². The number of anilines is 1. The monoisotopic (exact) mass is 407 g/mol. The van der Waals surface area contributed by atoms with Crippen LogP contribution < -0.4 is 5.32 Å². The Hall–Kier alpha value is -3.62. The molecule has 0 spiro atoms. The van der Waals surface area contributed by atoms with Crippen molar-refractivity contribution in [3.05, 3.63) is 71.0 Å². The summed E-state index contributed by atoms with van der Waals surface area (Å²) < 4.78 is 11.3. The first kappa shape index (κ1) is 19.7. The molecule has 4 rings (SSSR count). The maximum Gasteiger partial charge on any atom is 0.291 e. The number of amides is 1. The van der Waals surface area contributed by atoms with E-state index in [1.54, 1.807) is 29.2 Å². The van der Waals surface area contributed by atoms with Crippen molar-refractivity contribution >= 4 is 11.6 Å². The highest BCUT2D eigenvalue weighted by molar-refractivity contribution is 6.02. The standard InChI is InChI=1S/C21H25N7O2/c1-5-27-16(4)17(9-23-27)11-26-12-18(10-22-26)24-21(29)20-7-6-19(30-20)13-28-15(3)8-14(2)25-28/h6-10,12H,5,11,13H2,1-4H3,(H,24,29). The van der Waals surface area contributed by atoms with Gasteiger partial charge in [-0.25, -0.2) is 0 Å². The van der Waals surface area contributed by atoms with E-state index in [0.717, 1.165) is 29.2 Å². The number of carbonyl (C=O) groups is 1. The summed E-state index contributed by atoms with van der Waals surface area (Å²) >= 11 is 0. The number of nitrogens with one attached hydrogen (secondary N) is 1. The highest BCUT2D eigenvalue weighted by Gasteiger charge is 2.14. The lowest BCUT2D eigenvalue weighted by molar-refractivity contribution is 0.0994. The molecule has 0 aromatic carbocycles. The zero-order valence-electron chi connectivity index (χ0n) is 17.6. The molecule has 4 aromatic rings. The summed E-state index contributed by atoms with van der Waals surface area (Å²) in [5.41, 5.74) is 4.81. The van der Waals surface area contributed by atoms with Gasteiger partial charge in [0, 0.05) is 29.7 Å². The zero-order chi connectivity index (χ0) is 21.3. The molecule has 9 nitrogen and oxygen atoms in total. The molecule has 0 saturated heterocycles. The molecule has 9 heteroatoms. The van der Waals surface area contributed by atoms with Crippen LogP contribution in [0.5, 0.6) is 0 Å². The first-order chi connectivity index (χ1) is 14.4. The number of nitrogens with zero attached hydrogens (tertiary/aromatic N) is 6. The van der Waals surface area contributed by atoms with E-state index >= 15 is 0 Å². The molecule has 0 aliphatic carbocycles. The molecule has 1 N–H and O–H groups in total.